The smallest absolute Gasteiger partial charge is 0.255 e. The number of hydrogen-bond acceptors (Lipinski definition) is 11. The normalized spacial score (nSPS) is 21.5. The van der Waals surface area contributed by atoms with Crippen molar-refractivity contribution in [2.75, 3.05) is 25.0 Å². The predicted octanol–water partition coefficient (Wildman–Crippen LogP) is 3.71. The summed E-state index contributed by atoms with van der Waals surface area (Å²) < 4.78 is 2.98. The third-order valence-electron chi connectivity index (χ3n) is 11.1. The molecule has 7 rings (SSSR count). The van der Waals surface area contributed by atoms with Crippen molar-refractivity contribution >= 4 is 34.4 Å². The fourth-order valence-electron chi connectivity index (χ4n) is 7.95. The molecule has 1 unspecified atom stereocenters. The minimum atomic E-state index is -0.642. The number of amides is 3. The number of nitrogens with one attached hydrogen (secondary N) is 3. The van der Waals surface area contributed by atoms with Gasteiger partial charge in [-0.05, 0) is 107 Å². The number of carbonyl (C=O) groups is 3. The highest BCUT2D eigenvalue weighted by molar-refractivity contribution is 6.00. The molecule has 54 heavy (non-hydrogen) atoms. The van der Waals surface area contributed by atoms with Gasteiger partial charge in [0.15, 0.2) is 11.5 Å². The van der Waals surface area contributed by atoms with E-state index in [0.717, 1.165) is 70.1 Å². The molecule has 0 bridgehead atoms. The van der Waals surface area contributed by atoms with E-state index in [1.54, 1.807) is 37.5 Å². The Hall–Kier alpha value is -5.93. The van der Waals surface area contributed by atoms with Gasteiger partial charge in [0, 0.05) is 48.6 Å². The summed E-state index contributed by atoms with van der Waals surface area (Å²) >= 11 is 0. The van der Waals surface area contributed by atoms with Gasteiger partial charge in [-0.1, -0.05) is 0 Å². The monoisotopic (exact) mass is 729 g/mol. The first-order valence-corrected chi connectivity index (χ1v) is 18.7. The lowest BCUT2D eigenvalue weighted by atomic mass is 9.83. The lowest BCUT2D eigenvalue weighted by Gasteiger charge is -2.34. The van der Waals surface area contributed by atoms with Gasteiger partial charge in [0.05, 0.1) is 29.1 Å². The number of pyridine rings is 3. The molecule has 4 aromatic heterocycles. The number of fused-ring (bicyclic) bond motifs is 1. The van der Waals surface area contributed by atoms with Gasteiger partial charge in [-0.3, -0.25) is 24.5 Å². The van der Waals surface area contributed by atoms with Crippen molar-refractivity contribution in [3.8, 4) is 18.0 Å². The van der Waals surface area contributed by atoms with Crippen molar-refractivity contribution in [2.45, 2.75) is 88.8 Å². The lowest BCUT2D eigenvalue weighted by Crippen LogP contribution is -2.44. The maximum Gasteiger partial charge on any atom is 0.255 e. The van der Waals surface area contributed by atoms with E-state index in [2.05, 4.69) is 48.1 Å². The first kappa shape index (κ1) is 36.4. The second kappa shape index (κ2) is 16.0. The molecular weight excluding hydrogens is 687 g/mol. The fourth-order valence-corrected chi connectivity index (χ4v) is 7.95. The van der Waals surface area contributed by atoms with E-state index in [4.69, 9.17) is 0 Å². The molecule has 6 heterocycles. The van der Waals surface area contributed by atoms with Crippen molar-refractivity contribution in [3.05, 3.63) is 76.1 Å². The summed E-state index contributed by atoms with van der Waals surface area (Å²) in [6, 6.07) is 10.1. The van der Waals surface area contributed by atoms with Crippen LogP contribution in [0.15, 0.2) is 53.8 Å². The third kappa shape index (κ3) is 8.01. The first-order valence-electron chi connectivity index (χ1n) is 18.7. The number of hydrogen-bond donors (Lipinski definition) is 3. The molecule has 0 aromatic carbocycles. The van der Waals surface area contributed by atoms with Crippen LogP contribution in [-0.4, -0.2) is 78.7 Å². The molecule has 15 nitrogen and oxygen atoms in total. The van der Waals surface area contributed by atoms with Crippen LogP contribution in [0, 0.1) is 28.6 Å². The van der Waals surface area contributed by atoms with Gasteiger partial charge in [-0.15, -0.1) is 0 Å². The number of anilines is 1. The highest BCUT2D eigenvalue weighted by atomic mass is 16.2. The molecular formula is C39H43N11O4. The molecule has 3 fully saturated rings. The SMILES string of the molecule is C[C@H](C#N)Nc1cc(-n2ncc3cc(C#N)cnc32)ncc1C(=O)NC1CCC(CCN2CCC(c3ccn(C4CCC(=O)NC4=O)c(=O)c3)CC2)CC1. The Morgan fingerprint density at radius 3 is 2.52 bits per heavy atom. The summed E-state index contributed by atoms with van der Waals surface area (Å²) in [6.45, 7) is 4.67. The molecule has 15 heteroatoms. The van der Waals surface area contributed by atoms with E-state index in [-0.39, 0.29) is 29.8 Å². The van der Waals surface area contributed by atoms with Crippen molar-refractivity contribution in [1.29, 1.82) is 10.5 Å². The molecule has 1 aliphatic carbocycles. The van der Waals surface area contributed by atoms with Gasteiger partial charge in [0.1, 0.15) is 18.2 Å². The van der Waals surface area contributed by atoms with Gasteiger partial charge >= 0.3 is 0 Å². The van der Waals surface area contributed by atoms with Crippen molar-refractivity contribution in [3.63, 3.8) is 0 Å². The van der Waals surface area contributed by atoms with Crippen molar-refractivity contribution < 1.29 is 14.4 Å². The Kier molecular flexibility index (Phi) is 10.8. The topological polar surface area (TPSA) is 204 Å². The minimum Gasteiger partial charge on any atom is -0.369 e. The molecule has 4 aromatic rings. The van der Waals surface area contributed by atoms with E-state index in [9.17, 15) is 29.7 Å². The average Bonchev–Trinajstić information content (AvgIpc) is 3.61. The second-order valence-electron chi connectivity index (χ2n) is 14.7. The highest BCUT2D eigenvalue weighted by Gasteiger charge is 2.30. The fraction of sp³-hybridized carbons (Fsp3) is 0.462. The summed E-state index contributed by atoms with van der Waals surface area (Å²) in [4.78, 5) is 61.6. The van der Waals surface area contributed by atoms with Crippen LogP contribution in [0.25, 0.3) is 16.9 Å². The highest BCUT2D eigenvalue weighted by Crippen LogP contribution is 2.31. The lowest BCUT2D eigenvalue weighted by molar-refractivity contribution is -0.135. The Morgan fingerprint density at radius 1 is 1.00 bits per heavy atom. The summed E-state index contributed by atoms with van der Waals surface area (Å²) in [6.07, 6.45) is 13.7. The number of carbonyl (C=O) groups excluding carboxylic acids is 3. The molecule has 0 radical (unpaired) electrons. The molecule has 2 atom stereocenters. The van der Waals surface area contributed by atoms with Crippen molar-refractivity contribution in [1.82, 2.24) is 39.8 Å². The van der Waals surface area contributed by atoms with Crippen LogP contribution in [0.4, 0.5) is 5.69 Å². The maximum atomic E-state index is 13.6. The molecule has 3 aliphatic rings. The number of imide groups is 1. The van der Waals surface area contributed by atoms with Gasteiger partial charge in [-0.25, -0.2) is 9.97 Å². The zero-order valence-electron chi connectivity index (χ0n) is 30.2. The van der Waals surface area contributed by atoms with Crippen molar-refractivity contribution in [2.24, 2.45) is 5.92 Å². The second-order valence-corrected chi connectivity index (χ2v) is 14.7. The van der Waals surface area contributed by atoms with Crippen LogP contribution in [0.3, 0.4) is 0 Å². The van der Waals surface area contributed by atoms with E-state index < -0.39 is 18.0 Å². The zero-order chi connectivity index (χ0) is 37.8. The summed E-state index contributed by atoms with van der Waals surface area (Å²) in [5, 5.41) is 32.4. The standard InChI is InChI=1S/C39H43N11O4/c1-24(19-40)45-32-18-34(50-37-29(22-44-50)16-26(20-41)21-43-37)42-23-31(32)38(53)46-30-4-2-25(3-5-30)8-12-48-13-9-27(10-14-48)28-11-15-49(36(52)17-28)33-6-7-35(51)47-39(33)54/h11,15-18,21-25,27,30,33H,2-10,12-14H2,1H3,(H,42,45)(H,46,53)(H,47,51,54)/t24-,25?,30?,33?/m1/s1. The zero-order valence-corrected chi connectivity index (χ0v) is 30.2. The Morgan fingerprint density at radius 2 is 1.80 bits per heavy atom. The number of aromatic nitrogens is 5. The van der Waals surface area contributed by atoms with E-state index >= 15 is 0 Å². The van der Waals surface area contributed by atoms with Gasteiger partial charge < -0.3 is 20.1 Å². The summed E-state index contributed by atoms with van der Waals surface area (Å²) in [5.41, 5.74) is 2.57. The number of piperidine rings is 2. The summed E-state index contributed by atoms with van der Waals surface area (Å²) in [7, 11) is 0. The average molecular weight is 730 g/mol. The predicted molar refractivity (Wildman–Crippen MR) is 198 cm³/mol. The van der Waals surface area contributed by atoms with Crippen LogP contribution in [0.5, 0.6) is 0 Å². The Bertz CT molecular complexity index is 2200. The van der Waals surface area contributed by atoms with Crippen LogP contribution in [-0.2, 0) is 9.59 Å². The van der Waals surface area contributed by atoms with Crippen LogP contribution < -0.4 is 21.5 Å². The largest absolute Gasteiger partial charge is 0.369 e. The van der Waals surface area contributed by atoms with E-state index in [1.807, 2.05) is 6.07 Å². The minimum absolute atomic E-state index is 0.0458. The molecule has 1 saturated carbocycles. The first-order chi connectivity index (χ1) is 26.2. The molecule has 2 aliphatic heterocycles. The number of likely N-dealkylation sites (tertiary alicyclic amines) is 1. The van der Waals surface area contributed by atoms with Gasteiger partial charge in [0.2, 0.25) is 11.8 Å². The van der Waals surface area contributed by atoms with Crippen LogP contribution >= 0.6 is 0 Å². The molecule has 0 spiro atoms. The quantitative estimate of drug-likeness (QED) is 0.201. The number of nitrogens with zero attached hydrogens (tertiary/aromatic N) is 8. The van der Waals surface area contributed by atoms with Gasteiger partial charge in [0.25, 0.3) is 11.5 Å². The summed E-state index contributed by atoms with van der Waals surface area (Å²) in [5.74, 6) is 0.354. The third-order valence-corrected chi connectivity index (χ3v) is 11.1. The van der Waals surface area contributed by atoms with E-state index in [0.29, 0.717) is 51.9 Å². The molecule has 3 N–H and O–H groups in total. The van der Waals surface area contributed by atoms with E-state index in [1.165, 1.54) is 21.6 Å². The van der Waals surface area contributed by atoms with Gasteiger partial charge in [-0.2, -0.15) is 20.3 Å². The number of rotatable bonds is 10. The van der Waals surface area contributed by atoms with Crippen LogP contribution in [0.1, 0.15) is 98.2 Å². The molecule has 278 valence electrons. The maximum absolute atomic E-state index is 13.6. The Balaban J connectivity index is 0.887. The molecule has 3 amide bonds. The molecule has 2 saturated heterocycles. The Labute approximate surface area is 312 Å². The number of nitriles is 2. The van der Waals surface area contributed by atoms with Crippen LogP contribution in [0.2, 0.25) is 0 Å².